The summed E-state index contributed by atoms with van der Waals surface area (Å²) in [6, 6.07) is 15.1. The topological polar surface area (TPSA) is 35.2 Å². The summed E-state index contributed by atoms with van der Waals surface area (Å²) in [6.45, 7) is 0. The molecule has 0 spiro atoms. The third kappa shape index (κ3) is 3.74. The first-order chi connectivity index (χ1) is 13.6. The van der Waals surface area contributed by atoms with Gasteiger partial charge < -0.3 is 10.5 Å². The lowest BCUT2D eigenvalue weighted by atomic mass is 9.73. The van der Waals surface area contributed by atoms with Crippen LogP contribution in [0.25, 0.3) is 0 Å². The largest absolute Gasteiger partial charge is 0.457 e. The Labute approximate surface area is 162 Å². The van der Waals surface area contributed by atoms with Crippen molar-refractivity contribution in [3.63, 3.8) is 0 Å². The second-order valence-electron chi connectivity index (χ2n) is 6.31. The van der Waals surface area contributed by atoms with E-state index in [4.69, 9.17) is 10.5 Å². The van der Waals surface area contributed by atoms with Gasteiger partial charge in [0, 0.05) is 5.69 Å². The zero-order chi connectivity index (χ0) is 21.3. The van der Waals surface area contributed by atoms with Gasteiger partial charge in [0.15, 0.2) is 0 Å². The molecule has 0 aromatic heterocycles. The molecule has 152 valence electrons. The minimum Gasteiger partial charge on any atom is -0.457 e. The molecule has 0 atom stereocenters. The molecule has 0 fully saturated rings. The molecule has 8 heteroatoms. The van der Waals surface area contributed by atoms with E-state index in [-0.39, 0.29) is 5.75 Å². The lowest BCUT2D eigenvalue weighted by molar-refractivity contribution is -0.288. The minimum absolute atomic E-state index is 0.0878. The van der Waals surface area contributed by atoms with Crippen molar-refractivity contribution >= 4 is 5.69 Å². The SMILES string of the molecule is Nc1ccc(Oc2ccc(C(c3ccccc3)(C(F)(F)F)C(F)(F)F)cc2)cc1. The highest BCUT2D eigenvalue weighted by atomic mass is 19.4. The highest BCUT2D eigenvalue weighted by Crippen LogP contribution is 2.56. The molecular formula is C21H15F6NO. The summed E-state index contributed by atoms with van der Waals surface area (Å²) in [6.07, 6.45) is -11.2. The van der Waals surface area contributed by atoms with Gasteiger partial charge in [-0.3, -0.25) is 0 Å². The Hall–Kier alpha value is -3.16. The van der Waals surface area contributed by atoms with Crippen molar-refractivity contribution in [2.75, 3.05) is 5.73 Å². The van der Waals surface area contributed by atoms with E-state index >= 15 is 0 Å². The third-order valence-electron chi connectivity index (χ3n) is 4.46. The Kier molecular flexibility index (Phi) is 5.21. The van der Waals surface area contributed by atoms with Crippen molar-refractivity contribution in [3.05, 3.63) is 90.0 Å². The van der Waals surface area contributed by atoms with Crippen LogP contribution >= 0.6 is 0 Å². The first-order valence-electron chi connectivity index (χ1n) is 8.38. The molecule has 0 aliphatic rings. The predicted molar refractivity (Wildman–Crippen MR) is 96.7 cm³/mol. The second kappa shape index (κ2) is 7.35. The maximum atomic E-state index is 14.0. The third-order valence-corrected chi connectivity index (χ3v) is 4.46. The van der Waals surface area contributed by atoms with Crippen molar-refractivity contribution in [2.24, 2.45) is 0 Å². The van der Waals surface area contributed by atoms with Crippen LogP contribution in [0, 0.1) is 0 Å². The van der Waals surface area contributed by atoms with Crippen LogP contribution in [0.3, 0.4) is 0 Å². The summed E-state index contributed by atoms with van der Waals surface area (Å²) in [5.41, 5.74) is 0.0118. The van der Waals surface area contributed by atoms with E-state index in [0.29, 0.717) is 11.4 Å². The standard InChI is InChI=1S/C21H15F6NO/c22-20(23,24)19(21(25,26)27,14-4-2-1-3-5-14)15-6-10-17(11-7-15)29-18-12-8-16(28)9-13-18/h1-13H,28H2. The average molecular weight is 411 g/mol. The molecule has 3 rings (SSSR count). The van der Waals surface area contributed by atoms with Gasteiger partial charge in [0.2, 0.25) is 5.41 Å². The van der Waals surface area contributed by atoms with Crippen molar-refractivity contribution in [3.8, 4) is 11.5 Å². The maximum Gasteiger partial charge on any atom is 0.411 e. The highest BCUT2D eigenvalue weighted by Gasteiger charge is 2.72. The smallest absolute Gasteiger partial charge is 0.411 e. The number of nitrogens with two attached hydrogens (primary N) is 1. The fourth-order valence-corrected chi connectivity index (χ4v) is 3.12. The Morgan fingerprint density at radius 2 is 0.966 bits per heavy atom. The molecule has 3 aromatic carbocycles. The number of nitrogen functional groups attached to an aromatic ring is 1. The molecule has 29 heavy (non-hydrogen) atoms. The maximum absolute atomic E-state index is 14.0. The average Bonchev–Trinajstić information content (AvgIpc) is 2.64. The second-order valence-corrected chi connectivity index (χ2v) is 6.31. The summed E-state index contributed by atoms with van der Waals surface area (Å²) in [5, 5.41) is 0. The molecule has 0 bridgehead atoms. The molecule has 0 heterocycles. The van der Waals surface area contributed by atoms with Gasteiger partial charge in [-0.1, -0.05) is 42.5 Å². The van der Waals surface area contributed by atoms with Crippen LogP contribution in [0.4, 0.5) is 32.0 Å². The van der Waals surface area contributed by atoms with Crippen molar-refractivity contribution in [2.45, 2.75) is 17.8 Å². The molecule has 2 nitrogen and oxygen atoms in total. The Bertz CT molecular complexity index is 934. The Morgan fingerprint density at radius 3 is 1.41 bits per heavy atom. The summed E-state index contributed by atoms with van der Waals surface area (Å²) >= 11 is 0. The van der Waals surface area contributed by atoms with Crippen LogP contribution in [0.5, 0.6) is 11.5 Å². The van der Waals surface area contributed by atoms with E-state index in [0.717, 1.165) is 48.5 Å². The van der Waals surface area contributed by atoms with Crippen LogP contribution < -0.4 is 10.5 Å². The van der Waals surface area contributed by atoms with Gasteiger partial charge in [0.25, 0.3) is 0 Å². The monoisotopic (exact) mass is 411 g/mol. The van der Waals surface area contributed by atoms with Gasteiger partial charge >= 0.3 is 12.4 Å². The molecule has 2 N–H and O–H groups in total. The van der Waals surface area contributed by atoms with Crippen molar-refractivity contribution < 1.29 is 31.1 Å². The summed E-state index contributed by atoms with van der Waals surface area (Å²) in [7, 11) is 0. The fraction of sp³-hybridized carbons (Fsp3) is 0.143. The van der Waals surface area contributed by atoms with Crippen molar-refractivity contribution in [1.82, 2.24) is 0 Å². The van der Waals surface area contributed by atoms with Crippen LogP contribution in [0.1, 0.15) is 11.1 Å². The van der Waals surface area contributed by atoms with E-state index in [9.17, 15) is 26.3 Å². The van der Waals surface area contributed by atoms with E-state index in [1.165, 1.54) is 18.2 Å². The van der Waals surface area contributed by atoms with Gasteiger partial charge in [0.05, 0.1) is 0 Å². The quantitative estimate of drug-likeness (QED) is 0.394. The molecule has 0 aliphatic carbocycles. The number of halogens is 6. The number of rotatable bonds is 4. The highest BCUT2D eigenvalue weighted by molar-refractivity contribution is 5.47. The van der Waals surface area contributed by atoms with Gasteiger partial charge in [-0.2, -0.15) is 26.3 Å². The molecule has 0 unspecified atom stereocenters. The molecular weight excluding hydrogens is 396 g/mol. The Balaban J connectivity index is 2.08. The molecule has 0 aliphatic heterocycles. The minimum atomic E-state index is -5.62. The molecule has 0 saturated heterocycles. The van der Waals surface area contributed by atoms with E-state index in [2.05, 4.69) is 0 Å². The Morgan fingerprint density at radius 1 is 0.552 bits per heavy atom. The van der Waals surface area contributed by atoms with Crippen LogP contribution in [-0.2, 0) is 5.41 Å². The first-order valence-corrected chi connectivity index (χ1v) is 8.38. The van der Waals surface area contributed by atoms with Crippen LogP contribution in [0.2, 0.25) is 0 Å². The lowest BCUT2D eigenvalue weighted by Gasteiger charge is -2.38. The number of benzene rings is 3. The van der Waals surface area contributed by atoms with E-state index in [1.807, 2.05) is 0 Å². The zero-order valence-electron chi connectivity index (χ0n) is 14.8. The van der Waals surface area contributed by atoms with E-state index in [1.54, 1.807) is 12.1 Å². The molecule has 3 aromatic rings. The number of hydrogen-bond donors (Lipinski definition) is 1. The number of alkyl halides is 6. The van der Waals surface area contributed by atoms with E-state index < -0.39 is 28.9 Å². The normalized spacial score (nSPS) is 12.6. The molecule has 0 amide bonds. The predicted octanol–water partition coefficient (Wildman–Crippen LogP) is 6.47. The van der Waals surface area contributed by atoms with Gasteiger partial charge in [-0.15, -0.1) is 0 Å². The van der Waals surface area contributed by atoms with Gasteiger partial charge in [0.1, 0.15) is 11.5 Å². The van der Waals surface area contributed by atoms with Crippen molar-refractivity contribution in [1.29, 1.82) is 0 Å². The molecule has 0 radical (unpaired) electrons. The summed E-state index contributed by atoms with van der Waals surface area (Å²) in [5.74, 6) is 0.428. The number of ether oxygens (including phenoxy) is 1. The first kappa shape index (κ1) is 20.6. The molecule has 0 saturated carbocycles. The number of hydrogen-bond acceptors (Lipinski definition) is 2. The van der Waals surface area contributed by atoms with Crippen LogP contribution in [0.15, 0.2) is 78.9 Å². The fourth-order valence-electron chi connectivity index (χ4n) is 3.12. The van der Waals surface area contributed by atoms with Gasteiger partial charge in [-0.25, -0.2) is 0 Å². The van der Waals surface area contributed by atoms with Crippen LogP contribution in [-0.4, -0.2) is 12.4 Å². The summed E-state index contributed by atoms with van der Waals surface area (Å²) < 4.78 is 89.2. The summed E-state index contributed by atoms with van der Waals surface area (Å²) in [4.78, 5) is 0. The number of anilines is 1. The van der Waals surface area contributed by atoms with Gasteiger partial charge in [-0.05, 0) is 47.5 Å². The lowest BCUT2D eigenvalue weighted by Crippen LogP contribution is -2.54. The zero-order valence-corrected chi connectivity index (χ0v) is 14.8.